The van der Waals surface area contributed by atoms with Crippen LogP contribution < -0.4 is 5.43 Å². The monoisotopic (exact) mass is 424 g/mol. The summed E-state index contributed by atoms with van der Waals surface area (Å²) in [7, 11) is 0. The Morgan fingerprint density at radius 3 is 2.53 bits per heavy atom. The zero-order valence-electron chi connectivity index (χ0n) is 16.8. The van der Waals surface area contributed by atoms with E-state index in [4.69, 9.17) is 11.6 Å². The van der Waals surface area contributed by atoms with E-state index >= 15 is 0 Å². The van der Waals surface area contributed by atoms with E-state index in [1.807, 2.05) is 31.4 Å². The van der Waals surface area contributed by atoms with Gasteiger partial charge in [-0.3, -0.25) is 14.9 Å². The largest absolute Gasteiger partial charge is 0.317 e. The Labute approximate surface area is 179 Å². The summed E-state index contributed by atoms with van der Waals surface area (Å²) in [5.41, 5.74) is 7.64. The smallest absolute Gasteiger partial charge is 0.271 e. The van der Waals surface area contributed by atoms with Gasteiger partial charge in [0.15, 0.2) is 0 Å². The number of non-ortho nitro benzene ring substituents is 1. The van der Waals surface area contributed by atoms with E-state index < -0.39 is 4.92 Å². The molecule has 0 spiro atoms. The third-order valence-electron chi connectivity index (χ3n) is 4.79. The molecule has 7 nitrogen and oxygen atoms in total. The number of hydrogen-bond donors (Lipinski definition) is 1. The molecule has 0 unspecified atom stereocenters. The summed E-state index contributed by atoms with van der Waals surface area (Å²) < 4.78 is 1.94. The number of benzene rings is 2. The average Bonchev–Trinajstić information content (AvgIpc) is 2.97. The summed E-state index contributed by atoms with van der Waals surface area (Å²) in [6.45, 7) is 5.73. The molecule has 3 rings (SSSR count). The van der Waals surface area contributed by atoms with E-state index in [2.05, 4.69) is 10.5 Å². The van der Waals surface area contributed by atoms with Gasteiger partial charge in [0, 0.05) is 34.1 Å². The Morgan fingerprint density at radius 1 is 1.17 bits per heavy atom. The topological polar surface area (TPSA) is 89.5 Å². The van der Waals surface area contributed by atoms with Gasteiger partial charge < -0.3 is 4.57 Å². The van der Waals surface area contributed by atoms with Crippen molar-refractivity contribution >= 4 is 29.4 Å². The summed E-state index contributed by atoms with van der Waals surface area (Å²) in [5.74, 6) is -0.239. The first kappa shape index (κ1) is 21.3. The number of hydrazone groups is 1. The van der Waals surface area contributed by atoms with Crippen LogP contribution in [0.3, 0.4) is 0 Å². The quantitative estimate of drug-likeness (QED) is 0.354. The van der Waals surface area contributed by atoms with Crippen LogP contribution in [0.2, 0.25) is 5.02 Å². The lowest BCUT2D eigenvalue weighted by molar-refractivity contribution is -0.384. The second kappa shape index (κ2) is 8.92. The number of halogens is 1. The lowest BCUT2D eigenvalue weighted by Gasteiger charge is -2.12. The van der Waals surface area contributed by atoms with Gasteiger partial charge in [0.2, 0.25) is 5.91 Å². The summed E-state index contributed by atoms with van der Waals surface area (Å²) in [6.07, 6.45) is 1.77. The highest BCUT2D eigenvalue weighted by Gasteiger charge is 2.15. The highest BCUT2D eigenvalue weighted by molar-refractivity contribution is 6.30. The van der Waals surface area contributed by atoms with Crippen LogP contribution in [-0.2, 0) is 11.2 Å². The first-order chi connectivity index (χ1) is 14.3. The number of carbonyl (C=O) groups is 1. The van der Waals surface area contributed by atoms with Crippen LogP contribution in [0.1, 0.15) is 28.1 Å². The average molecular weight is 425 g/mol. The van der Waals surface area contributed by atoms with Crippen LogP contribution in [0.4, 0.5) is 5.69 Å². The number of nitrogens with zero attached hydrogens (tertiary/aromatic N) is 3. The standard InChI is InChI=1S/C22H21ClN4O3/c1-14-4-9-20(27(29)30)12-21(14)26-15(2)10-18(16(26)3)13-24-25-22(28)11-17-5-7-19(23)8-6-17/h4-10,12-13H,11H2,1-3H3,(H,25,28)/b24-13-. The Balaban J connectivity index is 1.77. The number of nitro groups is 1. The molecule has 0 saturated heterocycles. The molecule has 0 aliphatic carbocycles. The van der Waals surface area contributed by atoms with Crippen molar-refractivity contribution in [3.05, 3.63) is 91.7 Å². The fraction of sp³-hybridized carbons (Fsp3) is 0.182. The van der Waals surface area contributed by atoms with Crippen LogP contribution in [0.5, 0.6) is 0 Å². The highest BCUT2D eigenvalue weighted by Crippen LogP contribution is 2.26. The minimum Gasteiger partial charge on any atom is -0.317 e. The van der Waals surface area contributed by atoms with Gasteiger partial charge in [-0.25, -0.2) is 5.43 Å². The van der Waals surface area contributed by atoms with Crippen molar-refractivity contribution in [3.63, 3.8) is 0 Å². The van der Waals surface area contributed by atoms with Crippen LogP contribution >= 0.6 is 11.6 Å². The molecular weight excluding hydrogens is 404 g/mol. The van der Waals surface area contributed by atoms with E-state index in [0.717, 1.165) is 33.8 Å². The van der Waals surface area contributed by atoms with Crippen LogP contribution in [0.15, 0.2) is 53.6 Å². The number of aromatic nitrogens is 1. The lowest BCUT2D eigenvalue weighted by Crippen LogP contribution is -2.19. The normalized spacial score (nSPS) is 11.1. The third kappa shape index (κ3) is 4.75. The minimum atomic E-state index is -0.407. The van der Waals surface area contributed by atoms with E-state index in [9.17, 15) is 14.9 Å². The van der Waals surface area contributed by atoms with Gasteiger partial charge in [-0.2, -0.15) is 5.10 Å². The molecule has 0 aliphatic heterocycles. The van der Waals surface area contributed by atoms with Gasteiger partial charge in [-0.1, -0.05) is 29.8 Å². The Bertz CT molecular complexity index is 1130. The maximum absolute atomic E-state index is 12.1. The van der Waals surface area contributed by atoms with Crippen LogP contribution in [-0.4, -0.2) is 21.6 Å². The molecule has 154 valence electrons. The van der Waals surface area contributed by atoms with Gasteiger partial charge in [0.1, 0.15) is 0 Å². The lowest BCUT2D eigenvalue weighted by atomic mass is 10.1. The summed E-state index contributed by atoms with van der Waals surface area (Å²) in [6, 6.07) is 13.8. The molecule has 0 saturated carbocycles. The molecule has 1 N–H and O–H groups in total. The van der Waals surface area contributed by atoms with E-state index in [1.165, 1.54) is 6.07 Å². The molecule has 8 heteroatoms. The van der Waals surface area contributed by atoms with Crippen molar-refractivity contribution in [2.45, 2.75) is 27.2 Å². The highest BCUT2D eigenvalue weighted by atomic mass is 35.5. The van der Waals surface area contributed by atoms with Gasteiger partial charge >= 0.3 is 0 Å². The molecule has 1 amide bonds. The van der Waals surface area contributed by atoms with Crippen LogP contribution in [0, 0.1) is 30.9 Å². The van der Waals surface area contributed by atoms with Gasteiger partial charge in [-0.05, 0) is 50.1 Å². The van der Waals surface area contributed by atoms with E-state index in [1.54, 1.807) is 42.6 Å². The summed E-state index contributed by atoms with van der Waals surface area (Å²) in [5, 5.41) is 15.8. The first-order valence-electron chi connectivity index (χ1n) is 9.27. The predicted octanol–water partition coefficient (Wildman–Crippen LogP) is 4.66. The van der Waals surface area contributed by atoms with Gasteiger partial charge in [0.25, 0.3) is 5.69 Å². The van der Waals surface area contributed by atoms with Gasteiger partial charge in [-0.15, -0.1) is 0 Å². The molecule has 2 aromatic carbocycles. The number of hydrogen-bond acceptors (Lipinski definition) is 4. The maximum Gasteiger partial charge on any atom is 0.271 e. The number of nitro benzene ring substituents is 1. The zero-order chi connectivity index (χ0) is 21.8. The van der Waals surface area contributed by atoms with E-state index in [-0.39, 0.29) is 18.0 Å². The Morgan fingerprint density at radius 2 is 1.87 bits per heavy atom. The SMILES string of the molecule is Cc1ccc([N+](=O)[O-])cc1-n1c(C)cc(/C=N\NC(=O)Cc2ccc(Cl)cc2)c1C. The van der Waals surface area contributed by atoms with E-state index in [0.29, 0.717) is 5.02 Å². The number of aryl methyl sites for hydroxylation is 2. The van der Waals surface area contributed by atoms with Crippen molar-refractivity contribution in [1.29, 1.82) is 0 Å². The molecule has 0 bridgehead atoms. The van der Waals surface area contributed by atoms with Crippen LogP contribution in [0.25, 0.3) is 5.69 Å². The molecular formula is C22H21ClN4O3. The maximum atomic E-state index is 12.1. The summed E-state index contributed by atoms with van der Waals surface area (Å²) >= 11 is 5.85. The van der Waals surface area contributed by atoms with Crippen molar-refractivity contribution in [1.82, 2.24) is 9.99 Å². The van der Waals surface area contributed by atoms with Crippen molar-refractivity contribution in [3.8, 4) is 5.69 Å². The van der Waals surface area contributed by atoms with Gasteiger partial charge in [0.05, 0.1) is 23.2 Å². The van der Waals surface area contributed by atoms with Crippen molar-refractivity contribution < 1.29 is 9.72 Å². The zero-order valence-corrected chi connectivity index (χ0v) is 17.6. The molecule has 0 radical (unpaired) electrons. The molecule has 30 heavy (non-hydrogen) atoms. The molecule has 0 aliphatic rings. The molecule has 0 fully saturated rings. The third-order valence-corrected chi connectivity index (χ3v) is 5.04. The molecule has 0 atom stereocenters. The molecule has 3 aromatic rings. The predicted molar refractivity (Wildman–Crippen MR) is 118 cm³/mol. The van der Waals surface area contributed by atoms with Crippen molar-refractivity contribution in [2.75, 3.05) is 0 Å². The van der Waals surface area contributed by atoms with Crippen molar-refractivity contribution in [2.24, 2.45) is 5.10 Å². The Hall–Kier alpha value is -3.45. The second-order valence-electron chi connectivity index (χ2n) is 6.99. The second-order valence-corrected chi connectivity index (χ2v) is 7.42. The first-order valence-corrected chi connectivity index (χ1v) is 9.64. The fourth-order valence-corrected chi connectivity index (χ4v) is 3.37. The number of amides is 1. The number of nitrogens with one attached hydrogen (secondary N) is 1. The molecule has 1 aromatic heterocycles. The fourth-order valence-electron chi connectivity index (χ4n) is 3.24. The summed E-state index contributed by atoms with van der Waals surface area (Å²) in [4.78, 5) is 22.8. The minimum absolute atomic E-state index is 0.0350. The Kier molecular flexibility index (Phi) is 6.32. The molecule has 1 heterocycles. The number of rotatable bonds is 6. The number of carbonyl (C=O) groups excluding carboxylic acids is 1.